The summed E-state index contributed by atoms with van der Waals surface area (Å²) in [6, 6.07) is 3.11. The summed E-state index contributed by atoms with van der Waals surface area (Å²) in [5.41, 5.74) is 0. The zero-order valence-electron chi connectivity index (χ0n) is 12.2. The molecule has 0 bridgehead atoms. The van der Waals surface area contributed by atoms with Gasteiger partial charge in [0, 0.05) is 19.1 Å². The lowest BCUT2D eigenvalue weighted by Gasteiger charge is -2.28. The van der Waals surface area contributed by atoms with Gasteiger partial charge in [-0.05, 0) is 30.7 Å². The number of aliphatic carboxylic acids is 1. The molecule has 0 saturated carbocycles. The number of carboxylic acid groups (broad SMARTS) is 1. The van der Waals surface area contributed by atoms with Gasteiger partial charge in [0.15, 0.2) is 0 Å². The second-order valence-corrected chi connectivity index (χ2v) is 6.98. The third-order valence-electron chi connectivity index (χ3n) is 3.39. The van der Waals surface area contributed by atoms with E-state index in [2.05, 4.69) is 14.8 Å². The number of alkyl halides is 3. The van der Waals surface area contributed by atoms with E-state index in [1.165, 1.54) is 0 Å². The van der Waals surface area contributed by atoms with E-state index in [0.717, 1.165) is 24.3 Å². The summed E-state index contributed by atoms with van der Waals surface area (Å²) in [6.45, 7) is 0.509. The normalized spacial score (nSPS) is 22.1. The highest BCUT2D eigenvalue weighted by Gasteiger charge is 2.32. The molecule has 1 saturated heterocycles. The molecule has 0 aromatic heterocycles. The first-order valence-corrected chi connectivity index (χ1v) is 8.37. The highest BCUT2D eigenvalue weighted by molar-refractivity contribution is 7.89. The van der Waals surface area contributed by atoms with E-state index in [9.17, 15) is 26.4 Å². The Hall–Kier alpha value is -1.85. The second kappa shape index (κ2) is 6.95. The van der Waals surface area contributed by atoms with Gasteiger partial charge in [0.2, 0.25) is 10.0 Å². The van der Waals surface area contributed by atoms with Gasteiger partial charge in [0.1, 0.15) is 5.75 Å². The Morgan fingerprint density at radius 2 is 1.88 bits per heavy atom. The maximum absolute atomic E-state index is 12.2. The quantitative estimate of drug-likeness (QED) is 0.714. The van der Waals surface area contributed by atoms with Gasteiger partial charge < -0.3 is 15.2 Å². The number of halogens is 3. The number of ether oxygens (including phenoxy) is 1. The molecule has 0 amide bonds. The van der Waals surface area contributed by atoms with Crippen LogP contribution >= 0.6 is 0 Å². The van der Waals surface area contributed by atoms with Crippen LogP contribution in [0.4, 0.5) is 13.2 Å². The molecule has 1 aromatic carbocycles. The minimum absolute atomic E-state index is 0.122. The van der Waals surface area contributed by atoms with Gasteiger partial charge >= 0.3 is 12.3 Å². The maximum Gasteiger partial charge on any atom is 0.573 e. The molecule has 0 radical (unpaired) electrons. The van der Waals surface area contributed by atoms with E-state index in [0.29, 0.717) is 0 Å². The van der Waals surface area contributed by atoms with Crippen molar-refractivity contribution in [2.24, 2.45) is 5.92 Å². The van der Waals surface area contributed by atoms with Crippen LogP contribution in [-0.4, -0.2) is 45.0 Å². The van der Waals surface area contributed by atoms with E-state index >= 15 is 0 Å². The highest BCUT2D eigenvalue weighted by atomic mass is 32.2. The zero-order chi connectivity index (χ0) is 18.0. The molecule has 1 aromatic rings. The van der Waals surface area contributed by atoms with Crippen LogP contribution in [0.5, 0.6) is 5.75 Å². The third kappa shape index (κ3) is 5.08. The summed E-state index contributed by atoms with van der Waals surface area (Å²) >= 11 is 0. The first-order valence-electron chi connectivity index (χ1n) is 6.88. The second-order valence-electron chi connectivity index (χ2n) is 5.27. The van der Waals surface area contributed by atoms with Gasteiger partial charge in [-0.25, -0.2) is 13.1 Å². The van der Waals surface area contributed by atoms with Crippen molar-refractivity contribution in [2.75, 3.05) is 13.1 Å². The van der Waals surface area contributed by atoms with Crippen molar-refractivity contribution in [1.82, 2.24) is 10.0 Å². The molecule has 11 heteroatoms. The largest absolute Gasteiger partial charge is 0.573 e. The van der Waals surface area contributed by atoms with E-state index < -0.39 is 40.1 Å². The molecule has 3 N–H and O–H groups in total. The lowest BCUT2D eigenvalue weighted by Crippen LogP contribution is -2.50. The Morgan fingerprint density at radius 3 is 2.42 bits per heavy atom. The third-order valence-corrected chi connectivity index (χ3v) is 4.93. The number of hydrogen-bond acceptors (Lipinski definition) is 5. The van der Waals surface area contributed by atoms with Gasteiger partial charge in [-0.2, -0.15) is 0 Å². The lowest BCUT2D eigenvalue weighted by atomic mass is 9.97. The van der Waals surface area contributed by atoms with Crippen LogP contribution in [0.2, 0.25) is 0 Å². The molecule has 2 atom stereocenters. The summed E-state index contributed by atoms with van der Waals surface area (Å²) in [4.78, 5) is 10.7. The number of carboxylic acids is 1. The minimum Gasteiger partial charge on any atom is -0.481 e. The summed E-state index contributed by atoms with van der Waals surface area (Å²) < 4.78 is 66.7. The molecule has 2 rings (SSSR count). The fourth-order valence-electron chi connectivity index (χ4n) is 2.33. The van der Waals surface area contributed by atoms with Crippen LogP contribution in [0, 0.1) is 5.92 Å². The van der Waals surface area contributed by atoms with Crippen molar-refractivity contribution < 1.29 is 36.2 Å². The summed E-state index contributed by atoms with van der Waals surface area (Å²) in [5, 5.41) is 11.8. The number of sulfonamides is 1. The van der Waals surface area contributed by atoms with Crippen LogP contribution in [0.1, 0.15) is 6.42 Å². The molecular weight excluding hydrogens is 353 g/mol. The molecular formula is C13H15F3N2O5S. The maximum atomic E-state index is 12.2. The minimum atomic E-state index is -4.86. The van der Waals surface area contributed by atoms with Crippen LogP contribution in [0.25, 0.3) is 0 Å². The first kappa shape index (κ1) is 18.5. The number of benzene rings is 1. The lowest BCUT2D eigenvalue weighted by molar-refractivity contribution is -0.274. The number of hydrogen-bond donors (Lipinski definition) is 3. The molecule has 134 valence electrons. The van der Waals surface area contributed by atoms with Gasteiger partial charge in [-0.1, -0.05) is 0 Å². The number of piperidine rings is 1. The summed E-state index contributed by atoms with van der Waals surface area (Å²) in [7, 11) is -3.99. The summed E-state index contributed by atoms with van der Waals surface area (Å²) in [5.74, 6) is -2.28. The SMILES string of the molecule is O=C(O)C1CNCC(NS(=O)(=O)c2ccc(OC(F)(F)F)cc2)C1. The molecule has 24 heavy (non-hydrogen) atoms. The Kier molecular flexibility index (Phi) is 5.35. The van der Waals surface area contributed by atoms with Gasteiger partial charge in [-0.3, -0.25) is 4.79 Å². The molecule has 0 spiro atoms. The van der Waals surface area contributed by atoms with Crippen molar-refractivity contribution >= 4 is 16.0 Å². The number of carbonyl (C=O) groups is 1. The van der Waals surface area contributed by atoms with Gasteiger partial charge in [-0.15, -0.1) is 13.2 Å². The highest BCUT2D eigenvalue weighted by Crippen LogP contribution is 2.24. The Labute approximate surface area is 135 Å². The van der Waals surface area contributed by atoms with E-state index in [1.807, 2.05) is 0 Å². The van der Waals surface area contributed by atoms with Crippen LogP contribution in [0.3, 0.4) is 0 Å². The average Bonchev–Trinajstić information content (AvgIpc) is 2.46. The van der Waals surface area contributed by atoms with Crippen molar-refractivity contribution in [3.05, 3.63) is 24.3 Å². The molecule has 0 aliphatic carbocycles. The molecule has 1 aliphatic rings. The predicted molar refractivity (Wildman–Crippen MR) is 75.8 cm³/mol. The van der Waals surface area contributed by atoms with Crippen LogP contribution in [0.15, 0.2) is 29.2 Å². The molecule has 1 heterocycles. The average molecular weight is 368 g/mol. The van der Waals surface area contributed by atoms with Crippen LogP contribution < -0.4 is 14.8 Å². The monoisotopic (exact) mass is 368 g/mol. The van der Waals surface area contributed by atoms with E-state index in [1.54, 1.807) is 0 Å². The van der Waals surface area contributed by atoms with E-state index in [4.69, 9.17) is 5.11 Å². The Bertz CT molecular complexity index is 691. The Balaban J connectivity index is 2.06. The molecule has 7 nitrogen and oxygen atoms in total. The molecule has 2 unspecified atom stereocenters. The van der Waals surface area contributed by atoms with Crippen LogP contribution in [-0.2, 0) is 14.8 Å². The first-order chi connectivity index (χ1) is 11.1. The number of rotatable bonds is 5. The van der Waals surface area contributed by atoms with Crippen molar-refractivity contribution in [3.8, 4) is 5.75 Å². The summed E-state index contributed by atoms with van der Waals surface area (Å²) in [6.07, 6.45) is -4.74. The van der Waals surface area contributed by atoms with E-state index in [-0.39, 0.29) is 24.4 Å². The molecule has 1 aliphatic heterocycles. The Morgan fingerprint density at radius 1 is 1.25 bits per heavy atom. The zero-order valence-corrected chi connectivity index (χ0v) is 13.0. The fraction of sp³-hybridized carbons (Fsp3) is 0.462. The standard InChI is InChI=1S/C13H15F3N2O5S/c14-13(15,16)23-10-1-3-11(4-2-10)24(21,22)18-9-5-8(12(19)20)6-17-7-9/h1-4,8-9,17-18H,5-7H2,(H,19,20). The van der Waals surface area contributed by atoms with Crippen molar-refractivity contribution in [2.45, 2.75) is 23.7 Å². The molecule has 1 fully saturated rings. The topological polar surface area (TPSA) is 105 Å². The smallest absolute Gasteiger partial charge is 0.481 e. The fourth-order valence-corrected chi connectivity index (χ4v) is 3.58. The van der Waals surface area contributed by atoms with Gasteiger partial charge in [0.25, 0.3) is 0 Å². The number of nitrogens with one attached hydrogen (secondary N) is 2. The van der Waals surface area contributed by atoms with Crippen molar-refractivity contribution in [3.63, 3.8) is 0 Å². The van der Waals surface area contributed by atoms with Crippen molar-refractivity contribution in [1.29, 1.82) is 0 Å². The predicted octanol–water partition coefficient (Wildman–Crippen LogP) is 0.926. The van der Waals surface area contributed by atoms with Gasteiger partial charge in [0.05, 0.1) is 10.8 Å².